The summed E-state index contributed by atoms with van der Waals surface area (Å²) in [6.07, 6.45) is 5.44. The summed E-state index contributed by atoms with van der Waals surface area (Å²) < 4.78 is 5.22. The number of hydrogen-bond donors (Lipinski definition) is 2. The first-order chi connectivity index (χ1) is 14.7. The molecule has 4 atom stereocenters. The molecule has 1 aromatic rings. The number of carbonyl (C=O) groups is 3. The first-order valence-electron chi connectivity index (χ1n) is 10.4. The van der Waals surface area contributed by atoms with Crippen molar-refractivity contribution in [3.8, 4) is 0 Å². The molecule has 0 aliphatic heterocycles. The zero-order valence-electron chi connectivity index (χ0n) is 18.1. The number of benzene rings is 1. The van der Waals surface area contributed by atoms with E-state index in [-0.39, 0.29) is 29.1 Å². The van der Waals surface area contributed by atoms with Crippen LogP contribution in [0.3, 0.4) is 0 Å². The van der Waals surface area contributed by atoms with Gasteiger partial charge in [-0.15, -0.1) is 0 Å². The number of rotatable bonds is 9. The molecule has 6 nitrogen and oxygen atoms in total. The summed E-state index contributed by atoms with van der Waals surface area (Å²) in [6, 6.07) is 3.72. The predicted molar refractivity (Wildman–Crippen MR) is 126 cm³/mol. The Hall–Kier alpha value is -1.44. The highest BCUT2D eigenvalue weighted by Gasteiger charge is 2.29. The van der Waals surface area contributed by atoms with E-state index in [1.54, 1.807) is 17.8 Å². The van der Waals surface area contributed by atoms with Gasteiger partial charge in [0.1, 0.15) is 6.04 Å². The van der Waals surface area contributed by atoms with Gasteiger partial charge in [0.25, 0.3) is 11.8 Å². The lowest BCUT2D eigenvalue weighted by atomic mass is 9.78. The third-order valence-electron chi connectivity index (χ3n) is 5.77. The molecule has 0 unspecified atom stereocenters. The van der Waals surface area contributed by atoms with Crippen LogP contribution in [0.5, 0.6) is 0 Å². The maximum atomic E-state index is 12.6. The quantitative estimate of drug-likeness (QED) is 0.505. The number of ether oxygens (including phenoxy) is 1. The van der Waals surface area contributed by atoms with Crippen molar-refractivity contribution < 1.29 is 19.1 Å². The van der Waals surface area contributed by atoms with E-state index < -0.39 is 17.9 Å². The van der Waals surface area contributed by atoms with Crippen LogP contribution in [0.15, 0.2) is 18.2 Å². The van der Waals surface area contributed by atoms with Gasteiger partial charge in [-0.25, -0.2) is 4.79 Å². The molecule has 1 aliphatic carbocycles. The lowest BCUT2D eigenvalue weighted by molar-refractivity contribution is -0.150. The standard InChI is InChI=1S/C22H30Cl2N2O4S/c1-13-5-4-6-18(14(13)2)25-20(27)12-30-22(29)19(9-10-31-3)26-21(28)16-8-7-15(23)11-17(16)24/h7-8,11,13-14,18-19H,4-6,9-10,12H2,1-3H3,(H,25,27)(H,26,28)/t13-,14+,18-,19+/m1/s1. The second-order valence-electron chi connectivity index (χ2n) is 7.98. The summed E-state index contributed by atoms with van der Waals surface area (Å²) in [5, 5.41) is 6.24. The molecule has 0 aromatic heterocycles. The number of amides is 2. The van der Waals surface area contributed by atoms with Crippen LogP contribution in [0.4, 0.5) is 0 Å². The summed E-state index contributed by atoms with van der Waals surface area (Å²) in [6.45, 7) is 3.95. The van der Waals surface area contributed by atoms with Crippen molar-refractivity contribution in [2.75, 3.05) is 18.6 Å². The molecule has 31 heavy (non-hydrogen) atoms. The average Bonchev–Trinajstić information content (AvgIpc) is 2.72. The minimum atomic E-state index is -0.881. The second kappa shape index (κ2) is 12.6. The molecule has 2 amide bonds. The van der Waals surface area contributed by atoms with E-state index in [0.29, 0.717) is 29.0 Å². The van der Waals surface area contributed by atoms with E-state index >= 15 is 0 Å². The van der Waals surface area contributed by atoms with Crippen molar-refractivity contribution in [2.45, 2.75) is 51.6 Å². The SMILES string of the molecule is CSCC[C@H](NC(=O)c1ccc(Cl)cc1Cl)C(=O)OCC(=O)N[C@@H]1CCC[C@@H](C)[C@@H]1C. The van der Waals surface area contributed by atoms with Gasteiger partial charge in [0.15, 0.2) is 6.61 Å². The normalized spacial score (nSPS) is 21.8. The molecule has 1 fully saturated rings. The molecule has 0 heterocycles. The van der Waals surface area contributed by atoms with E-state index in [2.05, 4.69) is 24.5 Å². The van der Waals surface area contributed by atoms with Gasteiger partial charge >= 0.3 is 5.97 Å². The number of halogens is 2. The van der Waals surface area contributed by atoms with Gasteiger partial charge < -0.3 is 15.4 Å². The Balaban J connectivity index is 1.92. The molecule has 2 rings (SSSR count). The summed E-state index contributed by atoms with van der Waals surface area (Å²) in [4.78, 5) is 37.5. The Labute approximate surface area is 198 Å². The number of hydrogen-bond acceptors (Lipinski definition) is 5. The molecule has 1 saturated carbocycles. The largest absolute Gasteiger partial charge is 0.454 e. The van der Waals surface area contributed by atoms with Crippen LogP contribution in [-0.2, 0) is 14.3 Å². The Morgan fingerprint density at radius 1 is 1.23 bits per heavy atom. The van der Waals surface area contributed by atoms with Crippen LogP contribution in [0, 0.1) is 11.8 Å². The number of nitrogens with one attached hydrogen (secondary N) is 2. The van der Waals surface area contributed by atoms with Crippen LogP contribution in [0.2, 0.25) is 10.0 Å². The van der Waals surface area contributed by atoms with Crippen LogP contribution in [0.25, 0.3) is 0 Å². The molecule has 0 saturated heterocycles. The van der Waals surface area contributed by atoms with Crippen LogP contribution < -0.4 is 10.6 Å². The summed E-state index contributed by atoms with van der Waals surface area (Å²) in [5.41, 5.74) is 0.214. The fourth-order valence-electron chi connectivity index (χ4n) is 3.67. The van der Waals surface area contributed by atoms with Gasteiger partial charge in [-0.3, -0.25) is 9.59 Å². The predicted octanol–water partition coefficient (Wildman–Crippen LogP) is 4.33. The van der Waals surface area contributed by atoms with Crippen molar-refractivity contribution in [2.24, 2.45) is 11.8 Å². The van der Waals surface area contributed by atoms with Crippen LogP contribution in [-0.4, -0.2) is 48.5 Å². The molecular formula is C22H30Cl2N2O4S. The second-order valence-corrected chi connectivity index (χ2v) is 9.81. The Morgan fingerprint density at radius 3 is 2.65 bits per heavy atom. The van der Waals surface area contributed by atoms with Crippen molar-refractivity contribution in [3.05, 3.63) is 33.8 Å². The molecule has 1 aliphatic rings. The Bertz CT molecular complexity index is 793. The molecular weight excluding hydrogens is 459 g/mol. The van der Waals surface area contributed by atoms with E-state index in [0.717, 1.165) is 19.3 Å². The van der Waals surface area contributed by atoms with Gasteiger partial charge in [0, 0.05) is 11.1 Å². The van der Waals surface area contributed by atoms with E-state index in [1.165, 1.54) is 12.1 Å². The number of thioether (sulfide) groups is 1. The molecule has 0 bridgehead atoms. The van der Waals surface area contributed by atoms with E-state index in [1.807, 2.05) is 6.26 Å². The van der Waals surface area contributed by atoms with Crippen molar-refractivity contribution in [3.63, 3.8) is 0 Å². The van der Waals surface area contributed by atoms with Crippen molar-refractivity contribution >= 4 is 52.7 Å². The van der Waals surface area contributed by atoms with Gasteiger partial charge in [-0.2, -0.15) is 11.8 Å². The van der Waals surface area contributed by atoms with Crippen molar-refractivity contribution in [1.82, 2.24) is 10.6 Å². The molecule has 172 valence electrons. The molecule has 1 aromatic carbocycles. The monoisotopic (exact) mass is 488 g/mol. The number of esters is 1. The lowest BCUT2D eigenvalue weighted by Gasteiger charge is -2.34. The highest BCUT2D eigenvalue weighted by atomic mass is 35.5. The molecule has 0 radical (unpaired) electrons. The smallest absolute Gasteiger partial charge is 0.329 e. The minimum Gasteiger partial charge on any atom is -0.454 e. The average molecular weight is 489 g/mol. The molecule has 9 heteroatoms. The van der Waals surface area contributed by atoms with Gasteiger partial charge in [0.2, 0.25) is 0 Å². The molecule has 0 spiro atoms. The summed E-state index contributed by atoms with van der Waals surface area (Å²) >= 11 is 13.5. The summed E-state index contributed by atoms with van der Waals surface area (Å²) in [5.74, 6) is 0.0957. The maximum Gasteiger partial charge on any atom is 0.329 e. The Morgan fingerprint density at radius 2 is 1.97 bits per heavy atom. The third-order valence-corrected chi connectivity index (χ3v) is 6.97. The van der Waals surface area contributed by atoms with Gasteiger partial charge in [-0.1, -0.05) is 49.9 Å². The maximum absolute atomic E-state index is 12.6. The first-order valence-corrected chi connectivity index (χ1v) is 12.6. The fraction of sp³-hybridized carbons (Fsp3) is 0.591. The Kier molecular flexibility index (Phi) is 10.5. The minimum absolute atomic E-state index is 0.0917. The zero-order chi connectivity index (χ0) is 23.0. The zero-order valence-corrected chi connectivity index (χ0v) is 20.4. The van der Waals surface area contributed by atoms with Crippen molar-refractivity contribution in [1.29, 1.82) is 0 Å². The molecule has 2 N–H and O–H groups in total. The third kappa shape index (κ3) is 7.88. The fourth-order valence-corrected chi connectivity index (χ4v) is 4.63. The van der Waals surface area contributed by atoms with E-state index in [9.17, 15) is 14.4 Å². The summed E-state index contributed by atoms with van der Waals surface area (Å²) in [7, 11) is 0. The van der Waals surface area contributed by atoms with Gasteiger partial charge in [-0.05, 0) is 54.9 Å². The lowest BCUT2D eigenvalue weighted by Crippen LogP contribution is -2.46. The highest BCUT2D eigenvalue weighted by molar-refractivity contribution is 7.98. The topological polar surface area (TPSA) is 84.5 Å². The van der Waals surface area contributed by atoms with Gasteiger partial charge in [0.05, 0.1) is 10.6 Å². The van der Waals surface area contributed by atoms with Crippen LogP contribution >= 0.6 is 35.0 Å². The first kappa shape index (κ1) is 25.8. The highest BCUT2D eigenvalue weighted by Crippen LogP contribution is 2.29. The number of carbonyl (C=O) groups excluding carboxylic acids is 3. The van der Waals surface area contributed by atoms with E-state index in [4.69, 9.17) is 27.9 Å². The van der Waals surface area contributed by atoms with Crippen LogP contribution in [0.1, 0.15) is 49.9 Å².